The number of carboxylic acids is 1. The minimum absolute atomic E-state index is 0.0493. The number of benzene rings is 1. The highest BCUT2D eigenvalue weighted by molar-refractivity contribution is 7.89. The van der Waals surface area contributed by atoms with E-state index in [0.717, 1.165) is 4.31 Å². The Bertz CT molecular complexity index is 654. The molecule has 22 heavy (non-hydrogen) atoms. The van der Waals surface area contributed by atoms with Crippen molar-refractivity contribution in [1.29, 1.82) is 0 Å². The molecule has 0 aliphatic heterocycles. The topological polar surface area (TPSA) is 95.0 Å². The summed E-state index contributed by atoms with van der Waals surface area (Å²) < 4.78 is 25.7. The molecule has 7 nitrogen and oxygen atoms in total. The summed E-state index contributed by atoms with van der Waals surface area (Å²) in [5.74, 6) is -2.02. The number of carbonyl (C=O) groups excluding carboxylic acids is 1. The molecule has 0 saturated carbocycles. The molecule has 0 aliphatic rings. The zero-order chi connectivity index (χ0) is 17.1. The molecule has 8 heteroatoms. The molecule has 0 aliphatic carbocycles. The Morgan fingerprint density at radius 2 is 1.68 bits per heavy atom. The van der Waals surface area contributed by atoms with E-state index in [1.54, 1.807) is 7.05 Å². The predicted molar refractivity (Wildman–Crippen MR) is 82.1 cm³/mol. The smallest absolute Gasteiger partial charge is 0.307 e. The van der Waals surface area contributed by atoms with Crippen molar-refractivity contribution >= 4 is 27.6 Å². The third-order valence-electron chi connectivity index (χ3n) is 3.36. The molecule has 0 heterocycles. The number of carboxylic acid groups (broad SMARTS) is 1. The minimum atomic E-state index is -3.76. The maximum absolute atomic E-state index is 12.4. The van der Waals surface area contributed by atoms with Crippen LogP contribution in [-0.2, 0) is 19.6 Å². The summed E-state index contributed by atoms with van der Waals surface area (Å²) in [6.07, 6.45) is 0. The normalized spacial score (nSPS) is 13.0. The van der Waals surface area contributed by atoms with Crippen molar-refractivity contribution in [2.45, 2.75) is 18.7 Å². The van der Waals surface area contributed by atoms with Crippen molar-refractivity contribution in [3.63, 3.8) is 0 Å². The Morgan fingerprint density at radius 1 is 1.18 bits per heavy atom. The molecule has 1 N–H and O–H groups in total. The number of rotatable bonds is 6. The van der Waals surface area contributed by atoms with E-state index in [-0.39, 0.29) is 17.3 Å². The number of hydrogen-bond donors (Lipinski definition) is 1. The summed E-state index contributed by atoms with van der Waals surface area (Å²) in [5.41, 5.74) is 0.577. The lowest BCUT2D eigenvalue weighted by Gasteiger charge is -2.20. The van der Waals surface area contributed by atoms with Crippen LogP contribution >= 0.6 is 0 Å². The van der Waals surface area contributed by atoms with E-state index in [2.05, 4.69) is 0 Å². The van der Waals surface area contributed by atoms with E-state index in [4.69, 9.17) is 5.11 Å². The SMILES string of the molecule is CC(=O)N(C)c1ccc(S(=O)(=O)N(C)CC(C)C(=O)O)cc1. The first-order valence-corrected chi connectivity index (χ1v) is 8.05. The highest BCUT2D eigenvalue weighted by Gasteiger charge is 2.24. The Labute approximate surface area is 130 Å². The fourth-order valence-electron chi connectivity index (χ4n) is 1.77. The second-order valence-corrected chi connectivity index (χ2v) is 7.14. The zero-order valence-corrected chi connectivity index (χ0v) is 13.8. The summed E-state index contributed by atoms with van der Waals surface area (Å²) >= 11 is 0. The van der Waals surface area contributed by atoms with Crippen LogP contribution in [0.4, 0.5) is 5.69 Å². The van der Waals surface area contributed by atoms with Crippen molar-refractivity contribution in [1.82, 2.24) is 4.31 Å². The molecule has 0 spiro atoms. The molecule has 1 aromatic carbocycles. The monoisotopic (exact) mass is 328 g/mol. The molecule has 1 atom stereocenters. The third kappa shape index (κ3) is 4.05. The first kappa shape index (κ1) is 18.1. The largest absolute Gasteiger partial charge is 0.481 e. The molecule has 0 aromatic heterocycles. The Kier molecular flexibility index (Phi) is 5.67. The lowest BCUT2D eigenvalue weighted by Crippen LogP contribution is -2.33. The first-order chi connectivity index (χ1) is 10.1. The number of carbonyl (C=O) groups is 2. The van der Waals surface area contributed by atoms with Gasteiger partial charge in [0.25, 0.3) is 0 Å². The van der Waals surface area contributed by atoms with Crippen LogP contribution in [0.1, 0.15) is 13.8 Å². The standard InChI is InChI=1S/C14H20N2O5S/c1-10(14(18)19)9-15(3)22(20,21)13-7-5-12(6-8-13)16(4)11(2)17/h5-8,10H,9H2,1-4H3,(H,18,19). The van der Waals surface area contributed by atoms with Gasteiger partial charge in [-0.15, -0.1) is 0 Å². The van der Waals surface area contributed by atoms with Gasteiger partial charge in [-0.1, -0.05) is 6.92 Å². The molecular weight excluding hydrogens is 308 g/mol. The molecule has 0 fully saturated rings. The van der Waals surface area contributed by atoms with E-state index in [1.165, 1.54) is 50.1 Å². The number of nitrogens with zero attached hydrogens (tertiary/aromatic N) is 2. The average molecular weight is 328 g/mol. The Hall–Kier alpha value is -1.93. The van der Waals surface area contributed by atoms with E-state index in [9.17, 15) is 18.0 Å². The molecule has 1 unspecified atom stereocenters. The molecule has 0 radical (unpaired) electrons. The van der Waals surface area contributed by atoms with Crippen LogP contribution in [-0.4, -0.2) is 50.3 Å². The van der Waals surface area contributed by atoms with Crippen LogP contribution in [0, 0.1) is 5.92 Å². The van der Waals surface area contributed by atoms with Crippen LogP contribution in [0.15, 0.2) is 29.2 Å². The van der Waals surface area contributed by atoms with Gasteiger partial charge in [0.15, 0.2) is 0 Å². The van der Waals surface area contributed by atoms with E-state index < -0.39 is 21.9 Å². The van der Waals surface area contributed by atoms with Crippen molar-refractivity contribution in [3.8, 4) is 0 Å². The van der Waals surface area contributed by atoms with Crippen molar-refractivity contribution in [2.24, 2.45) is 5.92 Å². The van der Waals surface area contributed by atoms with Gasteiger partial charge in [0.1, 0.15) is 0 Å². The van der Waals surface area contributed by atoms with Gasteiger partial charge in [0.05, 0.1) is 10.8 Å². The van der Waals surface area contributed by atoms with Gasteiger partial charge in [0, 0.05) is 33.3 Å². The van der Waals surface area contributed by atoms with E-state index >= 15 is 0 Å². The van der Waals surface area contributed by atoms with Crippen LogP contribution in [0.5, 0.6) is 0 Å². The lowest BCUT2D eigenvalue weighted by atomic mass is 10.2. The molecule has 1 rings (SSSR count). The number of aliphatic carboxylic acids is 1. The van der Waals surface area contributed by atoms with Gasteiger partial charge < -0.3 is 10.0 Å². The summed E-state index contributed by atoms with van der Waals surface area (Å²) in [7, 11) is -0.836. The maximum atomic E-state index is 12.4. The molecule has 1 aromatic rings. The first-order valence-electron chi connectivity index (χ1n) is 6.61. The Balaban J connectivity index is 2.98. The number of sulfonamides is 1. The fraction of sp³-hybridized carbons (Fsp3) is 0.429. The number of hydrogen-bond acceptors (Lipinski definition) is 4. The molecular formula is C14H20N2O5S. The summed E-state index contributed by atoms with van der Waals surface area (Å²) in [6.45, 7) is 2.73. The van der Waals surface area contributed by atoms with Gasteiger partial charge in [-0.25, -0.2) is 12.7 Å². The fourth-order valence-corrected chi connectivity index (χ4v) is 3.03. The van der Waals surface area contributed by atoms with Crippen molar-refractivity contribution in [2.75, 3.05) is 25.5 Å². The molecule has 1 amide bonds. The van der Waals surface area contributed by atoms with E-state index in [0.29, 0.717) is 5.69 Å². The number of amides is 1. The van der Waals surface area contributed by atoms with Crippen LogP contribution in [0.2, 0.25) is 0 Å². The quantitative estimate of drug-likeness (QED) is 0.841. The molecule has 122 valence electrons. The van der Waals surface area contributed by atoms with Crippen molar-refractivity contribution in [3.05, 3.63) is 24.3 Å². The highest BCUT2D eigenvalue weighted by Crippen LogP contribution is 2.20. The summed E-state index contributed by atoms with van der Waals surface area (Å²) in [6, 6.07) is 5.85. The van der Waals surface area contributed by atoms with Gasteiger partial charge in [-0.2, -0.15) is 0 Å². The average Bonchev–Trinajstić information content (AvgIpc) is 2.46. The highest BCUT2D eigenvalue weighted by atomic mass is 32.2. The summed E-state index contributed by atoms with van der Waals surface area (Å²) in [4.78, 5) is 23.5. The maximum Gasteiger partial charge on any atom is 0.307 e. The van der Waals surface area contributed by atoms with Crippen LogP contribution in [0.25, 0.3) is 0 Å². The summed E-state index contributed by atoms with van der Waals surface area (Å²) in [5, 5.41) is 8.86. The van der Waals surface area contributed by atoms with Gasteiger partial charge in [0.2, 0.25) is 15.9 Å². The third-order valence-corrected chi connectivity index (χ3v) is 5.19. The second-order valence-electron chi connectivity index (χ2n) is 5.10. The van der Waals surface area contributed by atoms with Crippen LogP contribution in [0.3, 0.4) is 0 Å². The second kappa shape index (κ2) is 6.89. The predicted octanol–water partition coefficient (Wildman–Crippen LogP) is 1.01. The lowest BCUT2D eigenvalue weighted by molar-refractivity contribution is -0.141. The van der Waals surface area contributed by atoms with Gasteiger partial charge >= 0.3 is 5.97 Å². The van der Waals surface area contributed by atoms with Crippen LogP contribution < -0.4 is 4.90 Å². The molecule has 0 saturated heterocycles. The van der Waals surface area contributed by atoms with E-state index in [1.807, 2.05) is 0 Å². The minimum Gasteiger partial charge on any atom is -0.481 e. The Morgan fingerprint density at radius 3 is 2.09 bits per heavy atom. The number of anilines is 1. The van der Waals surface area contributed by atoms with Gasteiger partial charge in [-0.3, -0.25) is 9.59 Å². The van der Waals surface area contributed by atoms with Crippen molar-refractivity contribution < 1.29 is 23.1 Å². The zero-order valence-electron chi connectivity index (χ0n) is 13.0. The van der Waals surface area contributed by atoms with Gasteiger partial charge in [-0.05, 0) is 24.3 Å². The molecule has 0 bridgehead atoms.